The van der Waals surface area contributed by atoms with Crippen molar-refractivity contribution in [2.24, 2.45) is 0 Å². The van der Waals surface area contributed by atoms with E-state index in [2.05, 4.69) is 39.2 Å². The van der Waals surface area contributed by atoms with E-state index in [1.165, 1.54) is 0 Å². The second-order valence-electron chi connectivity index (χ2n) is 6.39. The van der Waals surface area contributed by atoms with Gasteiger partial charge in [-0.3, -0.25) is 0 Å². The zero-order valence-electron chi connectivity index (χ0n) is 13.1. The standard InChI is InChI=1S/C13H25NO5Si/c1-7-17-11(15)10-9(19-12(16)14-10)8-18-20(5,6)13(2,3)4/h9-10H,7-8H2,1-6H3,(H,14,16)/t9-,10+/m0/s1. The van der Waals surface area contributed by atoms with Gasteiger partial charge in [-0.15, -0.1) is 0 Å². The zero-order valence-corrected chi connectivity index (χ0v) is 14.1. The van der Waals surface area contributed by atoms with E-state index < -0.39 is 32.5 Å². The van der Waals surface area contributed by atoms with Crippen LogP contribution in [0.2, 0.25) is 18.1 Å². The molecule has 1 fully saturated rings. The lowest BCUT2D eigenvalue weighted by Crippen LogP contribution is -2.47. The normalized spacial score (nSPS) is 23.2. The number of alkyl carbamates (subject to hydrolysis) is 1. The summed E-state index contributed by atoms with van der Waals surface area (Å²) in [6.45, 7) is 12.8. The third kappa shape index (κ3) is 3.96. The smallest absolute Gasteiger partial charge is 0.408 e. The van der Waals surface area contributed by atoms with Crippen molar-refractivity contribution in [1.82, 2.24) is 5.32 Å². The zero-order chi connectivity index (χ0) is 15.6. The predicted molar refractivity (Wildman–Crippen MR) is 77.0 cm³/mol. The van der Waals surface area contributed by atoms with Crippen molar-refractivity contribution in [2.45, 2.75) is 58.0 Å². The van der Waals surface area contributed by atoms with E-state index in [0.717, 1.165) is 0 Å². The molecule has 1 heterocycles. The first-order valence-electron chi connectivity index (χ1n) is 6.86. The molecule has 0 aromatic carbocycles. The molecule has 1 amide bonds. The van der Waals surface area contributed by atoms with E-state index >= 15 is 0 Å². The van der Waals surface area contributed by atoms with E-state index in [0.29, 0.717) is 0 Å². The van der Waals surface area contributed by atoms with Gasteiger partial charge in [0.2, 0.25) is 0 Å². The number of nitrogens with one attached hydrogen (secondary N) is 1. The maximum Gasteiger partial charge on any atom is 0.408 e. The summed E-state index contributed by atoms with van der Waals surface area (Å²) < 4.78 is 16.0. The molecule has 1 N–H and O–H groups in total. The van der Waals surface area contributed by atoms with Gasteiger partial charge in [-0.2, -0.15) is 0 Å². The lowest BCUT2D eigenvalue weighted by atomic mass is 10.2. The second-order valence-corrected chi connectivity index (χ2v) is 11.2. The predicted octanol–water partition coefficient (Wildman–Crippen LogP) is 2.05. The molecule has 0 radical (unpaired) electrons. The summed E-state index contributed by atoms with van der Waals surface area (Å²) in [6, 6.07) is -0.785. The molecule has 1 aliphatic rings. The Balaban J connectivity index is 2.66. The molecule has 0 spiro atoms. The highest BCUT2D eigenvalue weighted by Crippen LogP contribution is 2.36. The molecule has 0 aliphatic carbocycles. The van der Waals surface area contributed by atoms with Crippen molar-refractivity contribution < 1.29 is 23.5 Å². The molecule has 116 valence electrons. The van der Waals surface area contributed by atoms with E-state index in [-0.39, 0.29) is 18.3 Å². The minimum Gasteiger partial charge on any atom is -0.464 e. The number of hydrogen-bond donors (Lipinski definition) is 1. The van der Waals surface area contributed by atoms with Crippen LogP contribution in [0, 0.1) is 0 Å². The van der Waals surface area contributed by atoms with Crippen LogP contribution < -0.4 is 5.32 Å². The summed E-state index contributed by atoms with van der Waals surface area (Å²) >= 11 is 0. The van der Waals surface area contributed by atoms with E-state index in [1.54, 1.807) is 6.92 Å². The number of ether oxygens (including phenoxy) is 2. The number of carbonyl (C=O) groups is 2. The van der Waals surface area contributed by atoms with E-state index in [4.69, 9.17) is 13.9 Å². The van der Waals surface area contributed by atoms with Crippen molar-refractivity contribution in [3.8, 4) is 0 Å². The quantitative estimate of drug-likeness (QED) is 0.621. The first kappa shape index (κ1) is 17.0. The largest absolute Gasteiger partial charge is 0.464 e. The summed E-state index contributed by atoms with van der Waals surface area (Å²) in [5.41, 5.74) is 0. The molecule has 1 saturated heterocycles. The van der Waals surface area contributed by atoms with Crippen LogP contribution in [-0.2, 0) is 18.7 Å². The van der Waals surface area contributed by atoms with Crippen molar-refractivity contribution >= 4 is 20.4 Å². The number of esters is 1. The Hall–Kier alpha value is -1.08. The van der Waals surface area contributed by atoms with Crippen molar-refractivity contribution in [3.05, 3.63) is 0 Å². The number of carbonyl (C=O) groups excluding carboxylic acids is 2. The summed E-state index contributed by atoms with van der Waals surface area (Å²) in [5.74, 6) is -0.484. The van der Waals surface area contributed by atoms with Gasteiger partial charge in [0.1, 0.15) is 0 Å². The van der Waals surface area contributed by atoms with Crippen LogP contribution >= 0.6 is 0 Å². The highest BCUT2D eigenvalue weighted by Gasteiger charge is 2.43. The van der Waals surface area contributed by atoms with E-state index in [1.807, 2.05) is 0 Å². The third-order valence-corrected chi connectivity index (χ3v) is 8.36. The number of hydrogen-bond acceptors (Lipinski definition) is 5. The summed E-state index contributed by atoms with van der Waals surface area (Å²) in [4.78, 5) is 23.1. The average molecular weight is 303 g/mol. The van der Waals surface area contributed by atoms with Gasteiger partial charge < -0.3 is 19.2 Å². The van der Waals surface area contributed by atoms with Gasteiger partial charge in [-0.1, -0.05) is 20.8 Å². The summed E-state index contributed by atoms with van der Waals surface area (Å²) in [7, 11) is -1.95. The topological polar surface area (TPSA) is 73.9 Å². The second kappa shape index (κ2) is 6.13. The molecule has 0 aromatic heterocycles. The van der Waals surface area contributed by atoms with Gasteiger partial charge in [0, 0.05) is 0 Å². The fourth-order valence-electron chi connectivity index (χ4n) is 1.54. The fraction of sp³-hybridized carbons (Fsp3) is 0.846. The first-order chi connectivity index (χ1) is 9.08. The van der Waals surface area contributed by atoms with Crippen molar-refractivity contribution in [3.63, 3.8) is 0 Å². The Bertz CT molecular complexity index is 377. The first-order valence-corrected chi connectivity index (χ1v) is 9.77. The molecule has 6 nitrogen and oxygen atoms in total. The minimum absolute atomic E-state index is 0.0580. The monoisotopic (exact) mass is 303 g/mol. The van der Waals surface area contributed by atoms with Crippen LogP contribution in [0.1, 0.15) is 27.7 Å². The highest BCUT2D eigenvalue weighted by molar-refractivity contribution is 6.74. The molecule has 1 aliphatic heterocycles. The van der Waals surface area contributed by atoms with Gasteiger partial charge in [0.15, 0.2) is 20.5 Å². The Morgan fingerprint density at radius 2 is 2.00 bits per heavy atom. The molecule has 0 aromatic rings. The van der Waals surface area contributed by atoms with Gasteiger partial charge in [0.25, 0.3) is 0 Å². The third-order valence-electron chi connectivity index (χ3n) is 3.86. The Morgan fingerprint density at radius 1 is 1.40 bits per heavy atom. The molecule has 0 bridgehead atoms. The van der Waals surface area contributed by atoms with Gasteiger partial charge in [-0.25, -0.2) is 9.59 Å². The summed E-state index contributed by atoms with van der Waals surface area (Å²) in [6.07, 6.45) is -1.23. The van der Waals surface area contributed by atoms with Crippen LogP contribution in [0.15, 0.2) is 0 Å². The molecule has 1 rings (SSSR count). The molecular formula is C13H25NO5Si. The fourth-order valence-corrected chi connectivity index (χ4v) is 2.55. The molecule has 2 atom stereocenters. The Labute approximate surface area is 121 Å². The molecule has 0 saturated carbocycles. The molecule has 0 unspecified atom stereocenters. The van der Waals surface area contributed by atoms with Gasteiger partial charge >= 0.3 is 12.1 Å². The van der Waals surface area contributed by atoms with Crippen LogP contribution in [0.3, 0.4) is 0 Å². The van der Waals surface area contributed by atoms with Crippen LogP contribution in [-0.4, -0.2) is 45.7 Å². The maximum atomic E-state index is 11.8. The number of amides is 1. The van der Waals surface area contributed by atoms with E-state index in [9.17, 15) is 9.59 Å². The average Bonchev–Trinajstić information content (AvgIpc) is 2.67. The number of rotatable bonds is 5. The minimum atomic E-state index is -1.95. The Morgan fingerprint density at radius 3 is 2.50 bits per heavy atom. The van der Waals surface area contributed by atoms with Crippen LogP contribution in [0.5, 0.6) is 0 Å². The summed E-state index contributed by atoms with van der Waals surface area (Å²) in [5, 5.41) is 2.52. The molecular weight excluding hydrogens is 278 g/mol. The van der Waals surface area contributed by atoms with Crippen LogP contribution in [0.25, 0.3) is 0 Å². The molecule has 7 heteroatoms. The maximum absolute atomic E-state index is 11.8. The highest BCUT2D eigenvalue weighted by atomic mass is 28.4. The lowest BCUT2D eigenvalue weighted by Gasteiger charge is -2.36. The lowest BCUT2D eigenvalue weighted by molar-refractivity contribution is -0.147. The van der Waals surface area contributed by atoms with Crippen molar-refractivity contribution in [2.75, 3.05) is 13.2 Å². The SMILES string of the molecule is CCOC(=O)[C@@H]1NC(=O)O[C@H]1CO[Si](C)(C)C(C)(C)C. The Kier molecular flexibility index (Phi) is 5.20. The van der Waals surface area contributed by atoms with Crippen LogP contribution in [0.4, 0.5) is 4.79 Å². The number of cyclic esters (lactones) is 1. The van der Waals surface area contributed by atoms with Gasteiger partial charge in [-0.05, 0) is 25.1 Å². The molecule has 20 heavy (non-hydrogen) atoms. The van der Waals surface area contributed by atoms with Gasteiger partial charge in [0.05, 0.1) is 13.2 Å². The van der Waals surface area contributed by atoms with Crippen molar-refractivity contribution in [1.29, 1.82) is 0 Å².